The van der Waals surface area contributed by atoms with Gasteiger partial charge in [-0.15, -0.1) is 0 Å². The number of aromatic amines is 1. The van der Waals surface area contributed by atoms with Crippen LogP contribution in [0.3, 0.4) is 0 Å². The minimum absolute atomic E-state index is 0.0471. The Labute approximate surface area is 129 Å². The maximum atomic E-state index is 12.1. The zero-order chi connectivity index (χ0) is 16.1. The fourth-order valence-electron chi connectivity index (χ4n) is 2.39. The molecule has 0 spiro atoms. The van der Waals surface area contributed by atoms with Gasteiger partial charge in [-0.05, 0) is 38.5 Å². The minimum atomic E-state index is -0.254. The molecule has 0 saturated carbocycles. The molecule has 1 heterocycles. The highest BCUT2D eigenvalue weighted by molar-refractivity contribution is 6.02. The number of ketones is 1. The van der Waals surface area contributed by atoms with Crippen molar-refractivity contribution in [3.8, 4) is 11.8 Å². The molecule has 2 aromatic rings. The van der Waals surface area contributed by atoms with Crippen molar-refractivity contribution in [2.45, 2.75) is 20.8 Å². The van der Waals surface area contributed by atoms with Gasteiger partial charge in [0.15, 0.2) is 5.78 Å². The van der Waals surface area contributed by atoms with Crippen LogP contribution in [0.5, 0.6) is 0 Å². The van der Waals surface area contributed by atoms with E-state index in [-0.39, 0.29) is 18.2 Å². The van der Waals surface area contributed by atoms with E-state index in [2.05, 4.69) is 22.1 Å². The van der Waals surface area contributed by atoms with Crippen molar-refractivity contribution >= 4 is 11.7 Å². The molecule has 0 unspecified atom stereocenters. The van der Waals surface area contributed by atoms with Crippen LogP contribution in [0.4, 0.5) is 0 Å². The second kappa shape index (κ2) is 6.77. The SMILES string of the molecule is CC(=O)c1c(C)[nH]c(C(=O)NCC#Cc2ccccc2)c1C. The van der Waals surface area contributed by atoms with Gasteiger partial charge >= 0.3 is 0 Å². The van der Waals surface area contributed by atoms with Crippen LogP contribution in [0.2, 0.25) is 0 Å². The second-order valence-corrected chi connectivity index (χ2v) is 5.03. The summed E-state index contributed by atoms with van der Waals surface area (Å²) in [6.07, 6.45) is 0. The second-order valence-electron chi connectivity index (χ2n) is 5.03. The van der Waals surface area contributed by atoms with Crippen molar-refractivity contribution in [3.63, 3.8) is 0 Å². The largest absolute Gasteiger partial charge is 0.354 e. The van der Waals surface area contributed by atoms with Crippen LogP contribution in [0, 0.1) is 25.7 Å². The van der Waals surface area contributed by atoms with Gasteiger partial charge in [0.25, 0.3) is 5.91 Å². The summed E-state index contributed by atoms with van der Waals surface area (Å²) in [5.41, 5.74) is 3.30. The summed E-state index contributed by atoms with van der Waals surface area (Å²) < 4.78 is 0. The Kier molecular flexibility index (Phi) is 4.80. The minimum Gasteiger partial charge on any atom is -0.354 e. The van der Waals surface area contributed by atoms with Crippen LogP contribution in [0.25, 0.3) is 0 Å². The lowest BCUT2D eigenvalue weighted by atomic mass is 10.1. The predicted octanol–water partition coefficient (Wildman–Crippen LogP) is 2.62. The van der Waals surface area contributed by atoms with Crippen molar-refractivity contribution in [1.29, 1.82) is 0 Å². The van der Waals surface area contributed by atoms with E-state index in [9.17, 15) is 9.59 Å². The molecule has 1 aromatic heterocycles. The number of hydrogen-bond donors (Lipinski definition) is 2. The molecular formula is C18H18N2O2. The van der Waals surface area contributed by atoms with E-state index in [4.69, 9.17) is 0 Å². The maximum absolute atomic E-state index is 12.1. The van der Waals surface area contributed by atoms with Crippen molar-refractivity contribution in [3.05, 3.63) is 58.4 Å². The smallest absolute Gasteiger partial charge is 0.268 e. The molecule has 4 heteroatoms. The Hall–Kier alpha value is -2.80. The van der Waals surface area contributed by atoms with Gasteiger partial charge in [0.2, 0.25) is 0 Å². The number of aryl methyl sites for hydroxylation is 1. The summed E-state index contributed by atoms with van der Waals surface area (Å²) in [7, 11) is 0. The lowest BCUT2D eigenvalue weighted by Crippen LogP contribution is -2.24. The summed E-state index contributed by atoms with van der Waals surface area (Å²) in [4.78, 5) is 26.7. The van der Waals surface area contributed by atoms with E-state index in [0.29, 0.717) is 22.5 Å². The van der Waals surface area contributed by atoms with Gasteiger partial charge in [-0.25, -0.2) is 0 Å². The summed E-state index contributed by atoms with van der Waals surface area (Å²) in [6, 6.07) is 9.57. The number of hydrogen-bond acceptors (Lipinski definition) is 2. The fraction of sp³-hybridized carbons (Fsp3) is 0.222. The molecule has 0 aliphatic rings. The van der Waals surface area contributed by atoms with Crippen molar-refractivity contribution in [2.75, 3.05) is 6.54 Å². The Morgan fingerprint density at radius 3 is 2.45 bits per heavy atom. The molecule has 0 aliphatic heterocycles. The Balaban J connectivity index is 2.04. The molecule has 0 atom stereocenters. The monoisotopic (exact) mass is 294 g/mol. The Morgan fingerprint density at radius 2 is 1.86 bits per heavy atom. The fourth-order valence-corrected chi connectivity index (χ4v) is 2.39. The number of Topliss-reactive ketones (excluding diaryl/α,β-unsaturated/α-hetero) is 1. The van der Waals surface area contributed by atoms with Gasteiger partial charge in [0.05, 0.1) is 6.54 Å². The van der Waals surface area contributed by atoms with Crippen LogP contribution < -0.4 is 5.32 Å². The van der Waals surface area contributed by atoms with Gasteiger partial charge in [0.1, 0.15) is 5.69 Å². The highest BCUT2D eigenvalue weighted by Crippen LogP contribution is 2.18. The first-order valence-electron chi connectivity index (χ1n) is 7.03. The number of carbonyl (C=O) groups is 2. The van der Waals surface area contributed by atoms with Crippen molar-refractivity contribution < 1.29 is 9.59 Å². The summed E-state index contributed by atoms with van der Waals surface area (Å²) in [5, 5.41) is 2.73. The molecule has 2 rings (SSSR count). The highest BCUT2D eigenvalue weighted by atomic mass is 16.2. The molecule has 4 nitrogen and oxygen atoms in total. The normalized spacial score (nSPS) is 9.77. The van der Waals surface area contributed by atoms with E-state index in [1.807, 2.05) is 30.3 Å². The number of benzene rings is 1. The highest BCUT2D eigenvalue weighted by Gasteiger charge is 2.19. The van der Waals surface area contributed by atoms with Crippen LogP contribution in [0.1, 0.15) is 44.6 Å². The van der Waals surface area contributed by atoms with Gasteiger partial charge in [-0.2, -0.15) is 0 Å². The summed E-state index contributed by atoms with van der Waals surface area (Å²) >= 11 is 0. The van der Waals surface area contributed by atoms with E-state index in [0.717, 1.165) is 5.56 Å². The van der Waals surface area contributed by atoms with Gasteiger partial charge in [0, 0.05) is 16.8 Å². The average Bonchev–Trinajstić information content (AvgIpc) is 2.79. The van der Waals surface area contributed by atoms with Crippen LogP contribution in [-0.4, -0.2) is 23.2 Å². The third kappa shape index (κ3) is 3.44. The van der Waals surface area contributed by atoms with E-state index < -0.39 is 0 Å². The number of amides is 1. The standard InChI is InChI=1S/C18H18N2O2/c1-12-16(14(3)21)13(2)20-17(12)18(22)19-11-7-10-15-8-5-4-6-9-15/h4-6,8-9,20H,11H2,1-3H3,(H,19,22). The van der Waals surface area contributed by atoms with Crippen LogP contribution >= 0.6 is 0 Å². The molecule has 112 valence electrons. The van der Waals surface area contributed by atoms with Crippen molar-refractivity contribution in [1.82, 2.24) is 10.3 Å². The average molecular weight is 294 g/mol. The number of aromatic nitrogens is 1. The number of H-pyrrole nitrogens is 1. The molecule has 1 amide bonds. The quantitative estimate of drug-likeness (QED) is 0.675. The Bertz CT molecular complexity index is 762. The van der Waals surface area contributed by atoms with Crippen molar-refractivity contribution in [2.24, 2.45) is 0 Å². The number of nitrogens with one attached hydrogen (secondary N) is 2. The third-order valence-electron chi connectivity index (χ3n) is 3.36. The van der Waals surface area contributed by atoms with Gasteiger partial charge in [-0.1, -0.05) is 30.0 Å². The zero-order valence-corrected chi connectivity index (χ0v) is 12.9. The topological polar surface area (TPSA) is 62.0 Å². The molecule has 0 aliphatic carbocycles. The van der Waals surface area contributed by atoms with Crippen LogP contribution in [-0.2, 0) is 0 Å². The molecule has 1 aromatic carbocycles. The molecule has 0 bridgehead atoms. The summed E-state index contributed by atoms with van der Waals surface area (Å²) in [5.74, 6) is 5.57. The molecule has 2 N–H and O–H groups in total. The molecular weight excluding hydrogens is 276 g/mol. The number of carbonyl (C=O) groups excluding carboxylic acids is 2. The van der Waals surface area contributed by atoms with E-state index in [1.165, 1.54) is 6.92 Å². The first-order valence-corrected chi connectivity index (χ1v) is 7.03. The molecule has 0 radical (unpaired) electrons. The zero-order valence-electron chi connectivity index (χ0n) is 12.9. The first-order chi connectivity index (χ1) is 10.5. The molecule has 0 saturated heterocycles. The lowest BCUT2D eigenvalue weighted by molar-refractivity contribution is 0.0953. The number of rotatable bonds is 3. The molecule has 0 fully saturated rings. The predicted molar refractivity (Wildman–Crippen MR) is 85.9 cm³/mol. The first kappa shape index (κ1) is 15.6. The maximum Gasteiger partial charge on any atom is 0.268 e. The van der Waals surface area contributed by atoms with Crippen LogP contribution in [0.15, 0.2) is 30.3 Å². The Morgan fingerprint density at radius 1 is 1.18 bits per heavy atom. The molecule has 22 heavy (non-hydrogen) atoms. The lowest BCUT2D eigenvalue weighted by Gasteiger charge is -2.00. The summed E-state index contributed by atoms with van der Waals surface area (Å²) in [6.45, 7) is 5.30. The van der Waals surface area contributed by atoms with E-state index in [1.54, 1.807) is 13.8 Å². The third-order valence-corrected chi connectivity index (χ3v) is 3.36. The van der Waals surface area contributed by atoms with Gasteiger partial charge in [-0.3, -0.25) is 9.59 Å². The van der Waals surface area contributed by atoms with Gasteiger partial charge < -0.3 is 10.3 Å². The van der Waals surface area contributed by atoms with E-state index >= 15 is 0 Å².